The fourth-order valence-electron chi connectivity index (χ4n) is 1.55. The Hall–Kier alpha value is -1.85. The number of hydrogen-bond acceptors (Lipinski definition) is 3. The predicted molar refractivity (Wildman–Crippen MR) is 54.8 cm³/mol. The highest BCUT2D eigenvalue weighted by molar-refractivity contribution is 5.93. The third kappa shape index (κ3) is 1.78. The molecule has 6 heteroatoms. The van der Waals surface area contributed by atoms with E-state index in [0.29, 0.717) is 18.5 Å². The average molecular weight is 223 g/mol. The van der Waals surface area contributed by atoms with Crippen LogP contribution in [0.2, 0.25) is 0 Å². The van der Waals surface area contributed by atoms with Crippen LogP contribution in [0.15, 0.2) is 12.3 Å². The molecule has 86 valence electrons. The van der Waals surface area contributed by atoms with Crippen LogP contribution in [0, 0.1) is 5.41 Å². The van der Waals surface area contributed by atoms with Crippen LogP contribution >= 0.6 is 0 Å². The molecule has 1 aliphatic carbocycles. The van der Waals surface area contributed by atoms with Gasteiger partial charge >= 0.3 is 5.97 Å². The van der Waals surface area contributed by atoms with Crippen LogP contribution in [-0.2, 0) is 11.8 Å². The number of nitrogens with zero attached hydrogens (tertiary/aromatic N) is 2. The van der Waals surface area contributed by atoms with E-state index in [4.69, 9.17) is 5.11 Å². The number of rotatable bonds is 4. The van der Waals surface area contributed by atoms with Crippen LogP contribution in [0.1, 0.15) is 23.3 Å². The minimum atomic E-state index is -0.835. The number of aliphatic carboxylic acids is 1. The first-order valence-corrected chi connectivity index (χ1v) is 5.05. The summed E-state index contributed by atoms with van der Waals surface area (Å²) in [6, 6.07) is 1.59. The van der Waals surface area contributed by atoms with E-state index in [0.717, 1.165) is 0 Å². The smallest absolute Gasteiger partial charge is 0.311 e. The number of aryl methyl sites for hydroxylation is 1. The standard InChI is InChI=1S/C10H13N3O3/c1-13-7(2-5-12-13)8(14)11-6-10(3-4-10)9(15)16/h2,5H,3-4,6H2,1H3,(H,11,14)(H,15,16). The lowest BCUT2D eigenvalue weighted by atomic mass is 10.1. The normalized spacial score (nSPS) is 16.8. The van der Waals surface area contributed by atoms with Gasteiger partial charge in [0.15, 0.2) is 0 Å². The van der Waals surface area contributed by atoms with Gasteiger partial charge in [-0.25, -0.2) is 0 Å². The topological polar surface area (TPSA) is 84.2 Å². The number of nitrogens with one attached hydrogen (secondary N) is 1. The van der Waals surface area contributed by atoms with Crippen molar-refractivity contribution in [3.05, 3.63) is 18.0 Å². The van der Waals surface area contributed by atoms with E-state index in [1.807, 2.05) is 0 Å². The number of carbonyl (C=O) groups excluding carboxylic acids is 1. The molecule has 0 bridgehead atoms. The van der Waals surface area contributed by atoms with Gasteiger partial charge in [-0.05, 0) is 18.9 Å². The molecule has 2 rings (SSSR count). The van der Waals surface area contributed by atoms with Crippen molar-refractivity contribution in [2.45, 2.75) is 12.8 Å². The van der Waals surface area contributed by atoms with Crippen molar-refractivity contribution in [2.75, 3.05) is 6.54 Å². The van der Waals surface area contributed by atoms with Crippen molar-refractivity contribution in [1.29, 1.82) is 0 Å². The van der Waals surface area contributed by atoms with Crippen LogP contribution in [-0.4, -0.2) is 33.3 Å². The van der Waals surface area contributed by atoms with Crippen molar-refractivity contribution >= 4 is 11.9 Å². The molecule has 2 N–H and O–H groups in total. The Kier molecular flexibility index (Phi) is 2.41. The fourth-order valence-corrected chi connectivity index (χ4v) is 1.55. The molecule has 1 saturated carbocycles. The summed E-state index contributed by atoms with van der Waals surface area (Å²) in [4.78, 5) is 22.5. The Balaban J connectivity index is 1.95. The number of carboxylic acid groups (broad SMARTS) is 1. The van der Waals surface area contributed by atoms with Crippen LogP contribution < -0.4 is 5.32 Å². The van der Waals surface area contributed by atoms with E-state index < -0.39 is 11.4 Å². The summed E-state index contributed by atoms with van der Waals surface area (Å²) in [5, 5.41) is 15.4. The third-order valence-corrected chi connectivity index (χ3v) is 2.95. The fraction of sp³-hybridized carbons (Fsp3) is 0.500. The zero-order chi connectivity index (χ0) is 11.8. The van der Waals surface area contributed by atoms with Crippen molar-refractivity contribution in [3.8, 4) is 0 Å². The van der Waals surface area contributed by atoms with Crippen LogP contribution in [0.4, 0.5) is 0 Å². The van der Waals surface area contributed by atoms with Gasteiger partial charge in [0.2, 0.25) is 0 Å². The molecule has 16 heavy (non-hydrogen) atoms. The Labute approximate surface area is 92.3 Å². The molecule has 1 aromatic heterocycles. The average Bonchev–Trinajstić information content (AvgIpc) is 2.92. The maximum Gasteiger partial charge on any atom is 0.311 e. The second-order valence-corrected chi connectivity index (χ2v) is 4.11. The molecule has 0 saturated heterocycles. The molecule has 0 aliphatic heterocycles. The summed E-state index contributed by atoms with van der Waals surface area (Å²) in [6.45, 7) is 0.187. The maximum absolute atomic E-state index is 11.7. The zero-order valence-electron chi connectivity index (χ0n) is 8.93. The monoisotopic (exact) mass is 223 g/mol. The summed E-state index contributed by atoms with van der Waals surface area (Å²) >= 11 is 0. The summed E-state index contributed by atoms with van der Waals surface area (Å²) in [5.41, 5.74) is -0.296. The van der Waals surface area contributed by atoms with E-state index in [2.05, 4.69) is 10.4 Å². The van der Waals surface area contributed by atoms with E-state index >= 15 is 0 Å². The number of amides is 1. The largest absolute Gasteiger partial charge is 0.481 e. The van der Waals surface area contributed by atoms with Gasteiger partial charge in [-0.15, -0.1) is 0 Å². The zero-order valence-corrected chi connectivity index (χ0v) is 8.93. The maximum atomic E-state index is 11.7. The third-order valence-electron chi connectivity index (χ3n) is 2.95. The molecule has 1 aromatic rings. The summed E-state index contributed by atoms with van der Waals surface area (Å²) in [7, 11) is 1.67. The second-order valence-electron chi connectivity index (χ2n) is 4.11. The van der Waals surface area contributed by atoms with Crippen LogP contribution in [0.25, 0.3) is 0 Å². The highest BCUT2D eigenvalue weighted by atomic mass is 16.4. The van der Waals surface area contributed by atoms with Crippen molar-refractivity contribution in [3.63, 3.8) is 0 Å². The van der Waals surface area contributed by atoms with Crippen molar-refractivity contribution in [1.82, 2.24) is 15.1 Å². The Morgan fingerprint density at radius 2 is 2.31 bits per heavy atom. The minimum Gasteiger partial charge on any atom is -0.481 e. The van der Waals surface area contributed by atoms with E-state index in [-0.39, 0.29) is 12.5 Å². The van der Waals surface area contributed by atoms with Gasteiger partial charge in [-0.1, -0.05) is 0 Å². The lowest BCUT2D eigenvalue weighted by molar-refractivity contribution is -0.143. The molecule has 6 nitrogen and oxygen atoms in total. The van der Waals surface area contributed by atoms with Crippen LogP contribution in [0.5, 0.6) is 0 Å². The number of hydrogen-bond donors (Lipinski definition) is 2. The molecule has 0 radical (unpaired) electrons. The second kappa shape index (κ2) is 3.62. The first-order valence-electron chi connectivity index (χ1n) is 5.05. The first-order chi connectivity index (χ1) is 7.55. The van der Waals surface area contributed by atoms with Gasteiger partial charge in [-0.3, -0.25) is 14.3 Å². The van der Waals surface area contributed by atoms with Gasteiger partial charge in [0, 0.05) is 19.8 Å². The Bertz CT molecular complexity index is 434. The van der Waals surface area contributed by atoms with Gasteiger partial charge < -0.3 is 10.4 Å². The Morgan fingerprint density at radius 1 is 1.62 bits per heavy atom. The summed E-state index contributed by atoms with van der Waals surface area (Å²) in [6.07, 6.45) is 2.79. The highest BCUT2D eigenvalue weighted by Crippen LogP contribution is 2.45. The molecular formula is C10H13N3O3. The highest BCUT2D eigenvalue weighted by Gasteiger charge is 2.50. The quantitative estimate of drug-likeness (QED) is 0.753. The molecule has 0 atom stereocenters. The molecule has 1 aliphatic rings. The molecule has 0 spiro atoms. The van der Waals surface area contributed by atoms with Gasteiger partial charge in [0.25, 0.3) is 5.91 Å². The Morgan fingerprint density at radius 3 is 2.75 bits per heavy atom. The van der Waals surface area contributed by atoms with Crippen LogP contribution in [0.3, 0.4) is 0 Å². The minimum absolute atomic E-state index is 0.187. The number of carboxylic acids is 1. The first kappa shape index (κ1) is 10.7. The molecule has 0 aromatic carbocycles. The lowest BCUT2D eigenvalue weighted by Gasteiger charge is -2.10. The number of carbonyl (C=O) groups is 2. The summed E-state index contributed by atoms with van der Waals surface area (Å²) in [5.74, 6) is -1.12. The van der Waals surface area contributed by atoms with Gasteiger partial charge in [-0.2, -0.15) is 5.10 Å². The van der Waals surface area contributed by atoms with E-state index in [1.165, 1.54) is 10.9 Å². The van der Waals surface area contributed by atoms with Gasteiger partial charge in [0.05, 0.1) is 5.41 Å². The molecular weight excluding hydrogens is 210 g/mol. The molecule has 1 heterocycles. The summed E-state index contributed by atoms with van der Waals surface area (Å²) < 4.78 is 1.45. The van der Waals surface area contributed by atoms with E-state index in [9.17, 15) is 9.59 Å². The molecule has 1 fully saturated rings. The molecule has 0 unspecified atom stereocenters. The van der Waals surface area contributed by atoms with Crippen molar-refractivity contribution < 1.29 is 14.7 Å². The SMILES string of the molecule is Cn1nccc1C(=O)NCC1(C(=O)O)CC1. The van der Waals surface area contributed by atoms with Crippen molar-refractivity contribution in [2.24, 2.45) is 12.5 Å². The lowest BCUT2D eigenvalue weighted by Crippen LogP contribution is -2.35. The predicted octanol–water partition coefficient (Wildman–Crippen LogP) is 0.0147. The molecule has 1 amide bonds. The van der Waals surface area contributed by atoms with Gasteiger partial charge in [0.1, 0.15) is 5.69 Å². The van der Waals surface area contributed by atoms with E-state index in [1.54, 1.807) is 13.1 Å². The number of aromatic nitrogens is 2.